The Morgan fingerprint density at radius 3 is 2.78 bits per heavy atom. The lowest BCUT2D eigenvalue weighted by Gasteiger charge is -2.08. The summed E-state index contributed by atoms with van der Waals surface area (Å²) in [7, 11) is -3.27. The molecule has 0 aliphatic heterocycles. The summed E-state index contributed by atoms with van der Waals surface area (Å²) in [5, 5.41) is 12.2. The number of sulfonamides is 1. The zero-order valence-electron chi connectivity index (χ0n) is 12.5. The van der Waals surface area contributed by atoms with E-state index >= 15 is 0 Å². The van der Waals surface area contributed by atoms with E-state index in [1.807, 2.05) is 31.2 Å². The average Bonchev–Trinajstić information content (AvgIpc) is 3.33. The van der Waals surface area contributed by atoms with Gasteiger partial charge in [-0.15, -0.1) is 10.2 Å². The van der Waals surface area contributed by atoms with E-state index in [4.69, 9.17) is 0 Å². The molecule has 1 aliphatic rings. The van der Waals surface area contributed by atoms with Gasteiger partial charge in [0.05, 0.1) is 10.9 Å². The van der Waals surface area contributed by atoms with Gasteiger partial charge in [-0.3, -0.25) is 4.72 Å². The average molecular weight is 329 g/mol. The highest BCUT2D eigenvalue weighted by Gasteiger charge is 2.35. The van der Waals surface area contributed by atoms with Gasteiger partial charge in [-0.1, -0.05) is 12.1 Å². The molecule has 0 unspecified atom stereocenters. The van der Waals surface area contributed by atoms with Crippen molar-refractivity contribution < 1.29 is 8.42 Å². The van der Waals surface area contributed by atoms with Crippen LogP contribution >= 0.6 is 0 Å². The first-order valence-corrected chi connectivity index (χ1v) is 8.89. The van der Waals surface area contributed by atoms with E-state index < -0.39 is 10.0 Å². The predicted octanol–water partition coefficient (Wildman–Crippen LogP) is 2.00. The third kappa shape index (κ3) is 2.65. The van der Waals surface area contributed by atoms with Crippen LogP contribution in [0.1, 0.15) is 18.7 Å². The van der Waals surface area contributed by atoms with Crippen molar-refractivity contribution in [3.05, 3.63) is 42.2 Å². The number of nitrogens with one attached hydrogen (secondary N) is 1. The van der Waals surface area contributed by atoms with E-state index in [1.165, 1.54) is 0 Å². The maximum absolute atomic E-state index is 12.0. The van der Waals surface area contributed by atoms with Crippen LogP contribution in [0.4, 0.5) is 5.69 Å². The number of anilines is 1. The van der Waals surface area contributed by atoms with Crippen molar-refractivity contribution in [1.29, 1.82) is 0 Å². The summed E-state index contributed by atoms with van der Waals surface area (Å²) in [4.78, 5) is 0. The van der Waals surface area contributed by atoms with Gasteiger partial charge < -0.3 is 0 Å². The summed E-state index contributed by atoms with van der Waals surface area (Å²) >= 11 is 0. The Labute approximate surface area is 133 Å². The van der Waals surface area contributed by atoms with Crippen LogP contribution in [0.5, 0.6) is 0 Å². The number of benzene rings is 1. The van der Waals surface area contributed by atoms with Crippen LogP contribution in [-0.2, 0) is 10.0 Å². The molecule has 23 heavy (non-hydrogen) atoms. The van der Waals surface area contributed by atoms with Crippen LogP contribution in [0.3, 0.4) is 0 Å². The van der Waals surface area contributed by atoms with Crippen molar-refractivity contribution in [3.8, 4) is 11.3 Å². The molecule has 0 radical (unpaired) electrons. The van der Waals surface area contributed by atoms with Crippen LogP contribution < -0.4 is 4.72 Å². The standard InChI is InChI=1S/C15H15N5O2S/c1-10-16-17-15-8-7-14(18-20(10)15)11-3-2-4-12(9-11)19-23(21,22)13-5-6-13/h2-4,7-9,13,19H,5-6H2,1H3. The molecule has 1 saturated carbocycles. The quantitative estimate of drug-likeness (QED) is 0.791. The molecule has 1 aromatic carbocycles. The molecule has 8 heteroatoms. The molecule has 0 saturated heterocycles. The minimum atomic E-state index is -3.27. The van der Waals surface area contributed by atoms with E-state index in [9.17, 15) is 8.42 Å². The van der Waals surface area contributed by atoms with Gasteiger partial charge in [0.15, 0.2) is 11.5 Å². The second kappa shape index (κ2) is 5.02. The van der Waals surface area contributed by atoms with Crippen LogP contribution in [0.2, 0.25) is 0 Å². The van der Waals surface area contributed by atoms with Crippen molar-refractivity contribution in [2.24, 2.45) is 0 Å². The van der Waals surface area contributed by atoms with Crippen LogP contribution in [0, 0.1) is 6.92 Å². The van der Waals surface area contributed by atoms with Gasteiger partial charge in [0.25, 0.3) is 0 Å². The Hall–Kier alpha value is -2.48. The van der Waals surface area contributed by atoms with Crippen LogP contribution in [0.15, 0.2) is 36.4 Å². The molecule has 0 amide bonds. The summed E-state index contributed by atoms with van der Waals surface area (Å²) in [6.07, 6.45) is 1.47. The largest absolute Gasteiger partial charge is 0.283 e. The summed E-state index contributed by atoms with van der Waals surface area (Å²) in [6, 6.07) is 10.9. The SMILES string of the molecule is Cc1nnc2ccc(-c3cccc(NS(=O)(=O)C4CC4)c3)nn12. The van der Waals surface area contributed by atoms with Crippen molar-refractivity contribution in [2.45, 2.75) is 25.0 Å². The zero-order chi connectivity index (χ0) is 16.0. The first-order valence-electron chi connectivity index (χ1n) is 7.34. The number of hydrogen-bond acceptors (Lipinski definition) is 5. The fourth-order valence-electron chi connectivity index (χ4n) is 2.42. The molecule has 2 heterocycles. The van der Waals surface area contributed by atoms with E-state index in [-0.39, 0.29) is 5.25 Å². The van der Waals surface area contributed by atoms with Crippen molar-refractivity contribution in [2.75, 3.05) is 4.72 Å². The third-order valence-corrected chi connectivity index (χ3v) is 5.67. The highest BCUT2D eigenvalue weighted by atomic mass is 32.2. The number of nitrogens with zero attached hydrogens (tertiary/aromatic N) is 4. The number of fused-ring (bicyclic) bond motifs is 1. The van der Waals surface area contributed by atoms with Gasteiger partial charge in [0.1, 0.15) is 0 Å². The lowest BCUT2D eigenvalue weighted by Crippen LogP contribution is -2.17. The van der Waals surface area contributed by atoms with Crippen molar-refractivity contribution in [3.63, 3.8) is 0 Å². The Balaban J connectivity index is 1.70. The van der Waals surface area contributed by atoms with Gasteiger partial charge >= 0.3 is 0 Å². The van der Waals surface area contributed by atoms with E-state index in [0.29, 0.717) is 17.2 Å². The maximum atomic E-state index is 12.0. The molecule has 0 atom stereocenters. The summed E-state index contributed by atoms with van der Waals surface area (Å²) < 4.78 is 28.4. The smallest absolute Gasteiger partial charge is 0.235 e. The Morgan fingerprint density at radius 2 is 2.00 bits per heavy atom. The Bertz CT molecular complexity index is 992. The molecular formula is C15H15N5O2S. The van der Waals surface area contributed by atoms with Gasteiger partial charge in [-0.2, -0.15) is 9.61 Å². The maximum Gasteiger partial charge on any atom is 0.235 e. The third-order valence-electron chi connectivity index (χ3n) is 3.80. The van der Waals surface area contributed by atoms with E-state index in [0.717, 1.165) is 24.1 Å². The van der Waals surface area contributed by atoms with E-state index in [2.05, 4.69) is 20.0 Å². The van der Waals surface area contributed by atoms with Crippen molar-refractivity contribution >= 4 is 21.4 Å². The first-order chi connectivity index (χ1) is 11.0. The second-order valence-corrected chi connectivity index (χ2v) is 7.62. The van der Waals surface area contributed by atoms with Gasteiger partial charge in [-0.25, -0.2) is 8.42 Å². The molecule has 1 N–H and O–H groups in total. The number of aryl methyl sites for hydroxylation is 1. The molecule has 0 bridgehead atoms. The zero-order valence-corrected chi connectivity index (χ0v) is 13.3. The summed E-state index contributed by atoms with van der Waals surface area (Å²) in [5.74, 6) is 0.701. The Kier molecular flexibility index (Phi) is 3.08. The van der Waals surface area contributed by atoms with Gasteiger partial charge in [0, 0.05) is 11.3 Å². The molecule has 118 valence electrons. The minimum absolute atomic E-state index is 0.250. The molecular weight excluding hydrogens is 314 g/mol. The summed E-state index contributed by atoms with van der Waals surface area (Å²) in [6.45, 7) is 1.83. The normalized spacial score (nSPS) is 15.0. The molecule has 4 rings (SSSR count). The van der Waals surface area contributed by atoms with E-state index in [1.54, 1.807) is 16.6 Å². The Morgan fingerprint density at radius 1 is 1.17 bits per heavy atom. The number of aromatic nitrogens is 4. The summed E-state index contributed by atoms with van der Waals surface area (Å²) in [5.41, 5.74) is 2.79. The van der Waals surface area contributed by atoms with Gasteiger partial charge in [-0.05, 0) is 44.0 Å². The first kappa shape index (κ1) is 14.1. The highest BCUT2D eigenvalue weighted by molar-refractivity contribution is 7.93. The fraction of sp³-hybridized carbons (Fsp3) is 0.267. The monoisotopic (exact) mass is 329 g/mol. The lowest BCUT2D eigenvalue weighted by molar-refractivity contribution is 0.600. The van der Waals surface area contributed by atoms with Crippen LogP contribution in [0.25, 0.3) is 16.9 Å². The second-order valence-electron chi connectivity index (χ2n) is 5.66. The number of hydrogen-bond donors (Lipinski definition) is 1. The minimum Gasteiger partial charge on any atom is -0.283 e. The van der Waals surface area contributed by atoms with Crippen LogP contribution in [-0.4, -0.2) is 33.5 Å². The number of rotatable bonds is 4. The molecule has 3 aromatic rings. The topological polar surface area (TPSA) is 89.2 Å². The van der Waals surface area contributed by atoms with Crippen molar-refractivity contribution in [1.82, 2.24) is 19.8 Å². The molecule has 1 fully saturated rings. The molecule has 0 spiro atoms. The highest BCUT2D eigenvalue weighted by Crippen LogP contribution is 2.30. The lowest BCUT2D eigenvalue weighted by atomic mass is 10.1. The predicted molar refractivity (Wildman–Crippen MR) is 86.5 cm³/mol. The molecule has 7 nitrogen and oxygen atoms in total. The van der Waals surface area contributed by atoms with Gasteiger partial charge in [0.2, 0.25) is 10.0 Å². The molecule has 1 aliphatic carbocycles. The fourth-order valence-corrected chi connectivity index (χ4v) is 3.80. The molecule has 2 aromatic heterocycles.